The lowest BCUT2D eigenvalue weighted by atomic mass is 9.99. The number of carbonyl (C=O) groups is 4. The Labute approximate surface area is 482 Å². The molecule has 6 rings (SSSR count). The molecule has 4 aliphatic heterocycles. The largest absolute Gasteiger partial charge is 0.462 e. The van der Waals surface area contributed by atoms with Crippen LogP contribution in [-0.2, 0) is 18.9 Å². The van der Waals surface area contributed by atoms with E-state index in [1.807, 2.05) is 0 Å². The molecule has 4 aliphatic rings. The number of amides is 4. The zero-order chi connectivity index (χ0) is 60.9. The molecule has 0 aromatic heterocycles. The minimum Gasteiger partial charge on any atom is -0.462 e. The molecule has 33 nitrogen and oxygen atoms in total. The van der Waals surface area contributed by atoms with Crippen molar-refractivity contribution in [1.29, 1.82) is 0 Å². The number of carbonyl (C=O) groups excluding carboxylic acids is 4. The molecule has 2 aromatic rings. The number of non-ortho nitro benzene ring substituents is 2. The fourth-order valence-corrected chi connectivity index (χ4v) is 9.56. The molecule has 0 bridgehead atoms. The maximum Gasteiger partial charge on any atom is 0.407 e. The minimum atomic E-state index is -1.76. The lowest BCUT2D eigenvalue weighted by Gasteiger charge is -2.39. The van der Waals surface area contributed by atoms with E-state index in [2.05, 4.69) is 40.9 Å². The van der Waals surface area contributed by atoms with Crippen molar-refractivity contribution in [2.45, 2.75) is 93.1 Å². The zero-order valence-corrected chi connectivity index (χ0v) is 46.3. The van der Waals surface area contributed by atoms with Gasteiger partial charge >= 0.3 is 12.2 Å². The van der Waals surface area contributed by atoms with Gasteiger partial charge in [-0.1, -0.05) is 0 Å². The first-order chi connectivity index (χ1) is 40.2. The zero-order valence-electron chi connectivity index (χ0n) is 46.3. The molecule has 84 heavy (non-hydrogen) atoms. The van der Waals surface area contributed by atoms with E-state index < -0.39 is 126 Å². The van der Waals surface area contributed by atoms with Crippen LogP contribution in [0.4, 0.5) is 21.0 Å². The molecule has 33 heteroatoms. The average molecular weight is 1200 g/mol. The van der Waals surface area contributed by atoms with Crippen molar-refractivity contribution in [1.82, 2.24) is 40.9 Å². The van der Waals surface area contributed by atoms with E-state index in [4.69, 9.17) is 34.2 Å². The number of nitro groups is 2. The summed E-state index contributed by atoms with van der Waals surface area (Å²) in [5, 5.41) is 114. The highest BCUT2D eigenvalue weighted by molar-refractivity contribution is 5.96. The highest BCUT2D eigenvalue weighted by Gasteiger charge is 2.46. The molecular weight excluding hydrogens is 1120 g/mol. The Morgan fingerprint density at radius 1 is 0.524 bits per heavy atom. The molecule has 4 heterocycles. The highest BCUT2D eigenvalue weighted by atomic mass is 16.7. The van der Waals surface area contributed by atoms with E-state index in [1.165, 1.54) is 12.1 Å². The Bertz CT molecular complexity index is 2290. The molecule has 0 radical (unpaired) electrons. The maximum absolute atomic E-state index is 13.0. The number of nitrogens with one attached hydrogen (secondary N) is 4. The number of hydrogen-bond acceptors (Lipinski definition) is 27. The first-order valence-electron chi connectivity index (χ1n) is 27.8. The Morgan fingerprint density at radius 2 is 0.845 bits per heavy atom. The quantitative estimate of drug-likeness (QED) is 0.0199. The summed E-state index contributed by atoms with van der Waals surface area (Å²) in [4.78, 5) is 81.4. The third-order valence-corrected chi connectivity index (χ3v) is 14.4. The molecule has 4 fully saturated rings. The van der Waals surface area contributed by atoms with Crippen molar-refractivity contribution in [3.05, 3.63) is 67.8 Å². The smallest absolute Gasteiger partial charge is 0.407 e. The first-order valence-corrected chi connectivity index (χ1v) is 27.8. The van der Waals surface area contributed by atoms with Crippen LogP contribution in [0.5, 0.6) is 11.5 Å². The van der Waals surface area contributed by atoms with Crippen LogP contribution in [0.2, 0.25) is 0 Å². The summed E-state index contributed by atoms with van der Waals surface area (Å²) in [6.07, 6.45) is -14.7. The number of aliphatic hydroxyl groups is 8. The van der Waals surface area contributed by atoms with Gasteiger partial charge < -0.3 is 116 Å². The third-order valence-electron chi connectivity index (χ3n) is 14.4. The van der Waals surface area contributed by atoms with Crippen LogP contribution in [0.1, 0.15) is 46.4 Å². The van der Waals surface area contributed by atoms with E-state index >= 15 is 0 Å². The van der Waals surface area contributed by atoms with E-state index in [1.54, 1.807) is 0 Å². The molecule has 0 spiro atoms. The second-order valence-corrected chi connectivity index (χ2v) is 20.7. The van der Waals surface area contributed by atoms with Gasteiger partial charge in [-0.2, -0.15) is 0 Å². The third kappa shape index (κ3) is 20.5. The van der Waals surface area contributed by atoms with Crippen molar-refractivity contribution in [2.24, 2.45) is 5.73 Å². The van der Waals surface area contributed by atoms with Gasteiger partial charge in [0.05, 0.1) is 41.2 Å². The number of hydrogen-bond donors (Lipinski definition) is 13. The predicted octanol–water partition coefficient (Wildman–Crippen LogP) is -4.40. The van der Waals surface area contributed by atoms with Crippen LogP contribution in [0, 0.1) is 20.2 Å². The van der Waals surface area contributed by atoms with Gasteiger partial charge in [-0.25, -0.2) is 9.59 Å². The number of rotatable bonds is 30. The van der Waals surface area contributed by atoms with Gasteiger partial charge in [-0.15, -0.1) is 0 Å². The lowest BCUT2D eigenvalue weighted by Crippen LogP contribution is -2.60. The van der Waals surface area contributed by atoms with E-state index in [-0.39, 0.29) is 48.9 Å². The number of nitrogens with zero attached hydrogens (tertiary/aromatic N) is 6. The summed E-state index contributed by atoms with van der Waals surface area (Å²) >= 11 is 0. The average Bonchev–Trinajstić information content (AvgIpc) is 3.43. The van der Waals surface area contributed by atoms with Crippen LogP contribution in [0.3, 0.4) is 0 Å². The van der Waals surface area contributed by atoms with Crippen molar-refractivity contribution < 1.29 is 98.3 Å². The van der Waals surface area contributed by atoms with Crippen LogP contribution >= 0.6 is 0 Å². The van der Waals surface area contributed by atoms with Crippen molar-refractivity contribution in [3.8, 4) is 11.5 Å². The number of alkyl carbamates (subject to hydrolysis) is 2. The van der Waals surface area contributed by atoms with Crippen LogP contribution < -0.4 is 36.5 Å². The van der Waals surface area contributed by atoms with Gasteiger partial charge in [0.15, 0.2) is 0 Å². The minimum absolute atomic E-state index is 0.0905. The molecule has 4 amide bonds. The topological polar surface area (TPSA) is 459 Å². The summed E-state index contributed by atoms with van der Waals surface area (Å²) in [6, 6.07) is 5.85. The standard InChI is InChI=1S/C51H79N11O22/c52-33(29-79-50(73)55-7-3-11-59-17-13-57(14-18-59)9-1-5-53-46(71)31-21-34(61(75)76)25-36(23-31)81-48-44(69)42(67)40(65)38(27-63)83-48)30-80-51(74)56-8-4-12-60-19-15-58(16-20-60)10-2-6-54-47(72)32-22-35(62(77)78)26-37(24-32)82-49-45(70)43(68)41(66)39(28-64)84-49/h21-26,33,38-45,48-49,63-70H,1-20,27-30,52H2,(H,53,71)(H,54,72)(H,55,73)(H,56,74)/t38-,39-,40+,41+,42+,43+,44+,45+,48-,49-/m0/s1. The van der Waals surface area contributed by atoms with Gasteiger partial charge in [-0.05, 0) is 64.0 Å². The van der Waals surface area contributed by atoms with E-state index in [0.717, 1.165) is 89.7 Å². The van der Waals surface area contributed by atoms with Gasteiger partial charge in [0.2, 0.25) is 12.6 Å². The van der Waals surface area contributed by atoms with Crippen LogP contribution in [0.15, 0.2) is 36.4 Å². The lowest BCUT2D eigenvalue weighted by molar-refractivity contribution is -0.385. The predicted molar refractivity (Wildman–Crippen MR) is 291 cm³/mol. The van der Waals surface area contributed by atoms with Gasteiger partial charge in [0, 0.05) is 102 Å². The number of piperazine rings is 2. The van der Waals surface area contributed by atoms with Gasteiger partial charge in [-0.3, -0.25) is 29.8 Å². The summed E-state index contributed by atoms with van der Waals surface area (Å²) in [5.41, 5.74) is 4.88. The fraction of sp³-hybridized carbons (Fsp3) is 0.686. The Balaban J connectivity index is 0.738. The summed E-state index contributed by atoms with van der Waals surface area (Å²) in [7, 11) is 0. The monoisotopic (exact) mass is 1200 g/mol. The number of nitro benzene ring substituents is 2. The molecule has 4 saturated heterocycles. The molecule has 0 saturated carbocycles. The molecular formula is C51H79N11O22. The number of benzene rings is 2. The molecule has 10 atom stereocenters. The SMILES string of the molecule is NC(COC(=O)NCCCN1CCN(CCCNC(=O)c2cc(O[C@H]3O[C@@H](CO)[C@@H](O)[C@@H](O)[C@H]3O)cc([N+](=O)[O-])c2)CC1)COC(=O)NCCCN1CCN(CCCNC(=O)c2cc(O[C@H]3O[C@@H](CO)[C@@H](O)[C@@H](O)[C@H]3O)cc([N+](=O)[O-])c2)CC1. The molecule has 470 valence electrons. The van der Waals surface area contributed by atoms with Crippen LogP contribution in [0.25, 0.3) is 0 Å². The number of aliphatic hydroxyl groups excluding tert-OH is 8. The second-order valence-electron chi connectivity index (χ2n) is 20.7. The van der Waals surface area contributed by atoms with Crippen molar-refractivity contribution >= 4 is 35.4 Å². The summed E-state index contributed by atoms with van der Waals surface area (Å²) < 4.78 is 32.1. The summed E-state index contributed by atoms with van der Waals surface area (Å²) in [5.74, 6) is -1.63. The molecule has 14 N–H and O–H groups in total. The molecule has 2 aromatic carbocycles. The van der Waals surface area contributed by atoms with Crippen molar-refractivity contribution in [2.75, 3.05) is 131 Å². The molecule has 0 unspecified atom stereocenters. The summed E-state index contributed by atoms with van der Waals surface area (Å²) in [6.45, 7) is 8.69. The number of ether oxygens (including phenoxy) is 6. The maximum atomic E-state index is 13.0. The Morgan fingerprint density at radius 3 is 1.15 bits per heavy atom. The van der Waals surface area contributed by atoms with Crippen molar-refractivity contribution in [3.63, 3.8) is 0 Å². The highest BCUT2D eigenvalue weighted by Crippen LogP contribution is 2.30. The van der Waals surface area contributed by atoms with E-state index in [9.17, 15) is 80.3 Å². The van der Waals surface area contributed by atoms with Crippen LogP contribution in [-0.4, -0.2) is 293 Å². The van der Waals surface area contributed by atoms with Gasteiger partial charge in [0.1, 0.15) is 73.5 Å². The Kier molecular flexibility index (Phi) is 26.6. The normalized spacial score (nSPS) is 25.3. The second kappa shape index (κ2) is 33.4. The number of nitrogens with two attached hydrogens (primary N) is 1. The fourth-order valence-electron chi connectivity index (χ4n) is 9.56. The molecule has 0 aliphatic carbocycles. The first kappa shape index (κ1) is 66.9. The van der Waals surface area contributed by atoms with Gasteiger partial charge in [0.25, 0.3) is 23.2 Å². The van der Waals surface area contributed by atoms with E-state index in [0.29, 0.717) is 51.9 Å². The Hall–Kier alpha value is -6.28.